The maximum absolute atomic E-state index is 12.0. The molecule has 0 aliphatic carbocycles. The molecular weight excluding hydrogens is 358 g/mol. The molecule has 0 saturated heterocycles. The Morgan fingerprint density at radius 2 is 1.88 bits per heavy atom. The Morgan fingerprint density at radius 3 is 2.56 bits per heavy atom. The van der Waals surface area contributed by atoms with Crippen molar-refractivity contribution < 1.29 is 9.90 Å². The Kier molecular flexibility index (Phi) is 7.03. The highest BCUT2D eigenvalue weighted by molar-refractivity contribution is 7.80. The molecule has 2 rings (SSSR count). The number of hydrazine groups is 1. The first kappa shape index (κ1) is 19.0. The summed E-state index contributed by atoms with van der Waals surface area (Å²) in [6.45, 7) is 2.16. The number of thiocarbonyl (C=S) groups is 1. The lowest BCUT2D eigenvalue weighted by molar-refractivity contribution is 0.0941. The number of carbonyl (C=O) groups excluding carboxylic acids is 1. The van der Waals surface area contributed by atoms with Gasteiger partial charge in [-0.2, -0.15) is 0 Å². The highest BCUT2D eigenvalue weighted by Crippen LogP contribution is 2.21. The largest absolute Gasteiger partial charge is 0.507 e. The van der Waals surface area contributed by atoms with Crippen LogP contribution in [0.1, 0.15) is 35.7 Å². The third-order valence-corrected chi connectivity index (χ3v) is 3.96. The van der Waals surface area contributed by atoms with E-state index in [9.17, 15) is 9.90 Å². The van der Waals surface area contributed by atoms with Crippen molar-refractivity contribution >= 4 is 40.5 Å². The zero-order valence-electron chi connectivity index (χ0n) is 13.8. The van der Waals surface area contributed by atoms with Crippen LogP contribution in [-0.2, 0) is 6.42 Å². The lowest BCUT2D eigenvalue weighted by Gasteiger charge is -2.12. The molecule has 132 valence electrons. The molecule has 5 nitrogen and oxygen atoms in total. The zero-order valence-corrected chi connectivity index (χ0v) is 15.4. The molecule has 0 heterocycles. The van der Waals surface area contributed by atoms with Gasteiger partial charge in [0.15, 0.2) is 5.11 Å². The second-order valence-corrected chi connectivity index (χ2v) is 6.34. The SMILES string of the molecule is CCCCc1ccc(NC(=S)NNC(=O)c2cc(Cl)ccc2O)cc1. The van der Waals surface area contributed by atoms with E-state index in [4.69, 9.17) is 23.8 Å². The number of rotatable bonds is 5. The number of hydrogen-bond acceptors (Lipinski definition) is 3. The van der Waals surface area contributed by atoms with Crippen LogP contribution < -0.4 is 16.2 Å². The fourth-order valence-corrected chi connectivity index (χ4v) is 2.51. The van der Waals surface area contributed by atoms with Crippen molar-refractivity contribution in [3.8, 4) is 5.75 Å². The topological polar surface area (TPSA) is 73.4 Å². The first-order valence-corrected chi connectivity index (χ1v) is 8.73. The van der Waals surface area contributed by atoms with Crippen LogP contribution in [0, 0.1) is 0 Å². The molecule has 2 aromatic carbocycles. The number of aromatic hydroxyl groups is 1. The monoisotopic (exact) mass is 377 g/mol. The van der Waals surface area contributed by atoms with Gasteiger partial charge in [0, 0.05) is 10.7 Å². The minimum atomic E-state index is -0.543. The number of nitrogens with one attached hydrogen (secondary N) is 3. The predicted molar refractivity (Wildman–Crippen MR) is 105 cm³/mol. The van der Waals surface area contributed by atoms with Gasteiger partial charge in [0.05, 0.1) is 5.56 Å². The Hall–Kier alpha value is -2.31. The normalized spacial score (nSPS) is 10.2. The van der Waals surface area contributed by atoms with Gasteiger partial charge < -0.3 is 10.4 Å². The number of phenols is 1. The first-order valence-electron chi connectivity index (χ1n) is 7.94. The van der Waals surface area contributed by atoms with E-state index in [0.717, 1.165) is 24.9 Å². The Bertz CT molecular complexity index is 750. The summed E-state index contributed by atoms with van der Waals surface area (Å²) in [6.07, 6.45) is 3.38. The van der Waals surface area contributed by atoms with E-state index < -0.39 is 5.91 Å². The van der Waals surface area contributed by atoms with E-state index in [0.29, 0.717) is 5.02 Å². The molecule has 25 heavy (non-hydrogen) atoms. The Morgan fingerprint density at radius 1 is 1.16 bits per heavy atom. The average Bonchev–Trinajstić information content (AvgIpc) is 2.61. The van der Waals surface area contributed by atoms with Crippen LogP contribution in [0.5, 0.6) is 5.75 Å². The fourth-order valence-electron chi connectivity index (χ4n) is 2.17. The van der Waals surface area contributed by atoms with Gasteiger partial charge in [-0.15, -0.1) is 0 Å². The average molecular weight is 378 g/mol. The van der Waals surface area contributed by atoms with Gasteiger partial charge in [-0.3, -0.25) is 15.6 Å². The molecule has 0 aliphatic heterocycles. The van der Waals surface area contributed by atoms with E-state index >= 15 is 0 Å². The number of hydrogen-bond donors (Lipinski definition) is 4. The van der Waals surface area contributed by atoms with Gasteiger partial charge in [0.2, 0.25) is 0 Å². The van der Waals surface area contributed by atoms with Crippen molar-refractivity contribution in [3.05, 3.63) is 58.6 Å². The summed E-state index contributed by atoms with van der Waals surface area (Å²) in [6, 6.07) is 12.2. The van der Waals surface area contributed by atoms with Crippen LogP contribution in [0.15, 0.2) is 42.5 Å². The number of halogens is 1. The third kappa shape index (κ3) is 5.92. The summed E-state index contributed by atoms with van der Waals surface area (Å²) < 4.78 is 0. The quantitative estimate of drug-likeness (QED) is 0.468. The number of aryl methyl sites for hydroxylation is 1. The van der Waals surface area contributed by atoms with E-state index in [1.807, 2.05) is 24.3 Å². The molecule has 0 aromatic heterocycles. The third-order valence-electron chi connectivity index (χ3n) is 3.52. The van der Waals surface area contributed by atoms with Crippen LogP contribution in [0.3, 0.4) is 0 Å². The maximum Gasteiger partial charge on any atom is 0.273 e. The van der Waals surface area contributed by atoms with E-state index in [1.165, 1.54) is 23.8 Å². The van der Waals surface area contributed by atoms with Crippen molar-refractivity contribution in [2.75, 3.05) is 5.32 Å². The molecular formula is C18H20ClN3O2S. The number of anilines is 1. The number of unbranched alkanes of at least 4 members (excludes halogenated alkanes) is 1. The summed E-state index contributed by atoms with van der Waals surface area (Å²) in [7, 11) is 0. The summed E-state index contributed by atoms with van der Waals surface area (Å²) in [5.41, 5.74) is 7.16. The second-order valence-electron chi connectivity index (χ2n) is 5.50. The number of phenolic OH excluding ortho intramolecular Hbond substituents is 1. The highest BCUT2D eigenvalue weighted by atomic mass is 35.5. The van der Waals surface area contributed by atoms with E-state index in [1.54, 1.807) is 0 Å². The molecule has 0 aliphatic rings. The van der Waals surface area contributed by atoms with Crippen molar-refractivity contribution in [2.45, 2.75) is 26.2 Å². The molecule has 0 bridgehead atoms. The van der Waals surface area contributed by atoms with Crippen molar-refractivity contribution in [1.29, 1.82) is 0 Å². The molecule has 7 heteroatoms. The smallest absolute Gasteiger partial charge is 0.273 e. The number of carbonyl (C=O) groups is 1. The van der Waals surface area contributed by atoms with E-state index in [2.05, 4.69) is 23.1 Å². The van der Waals surface area contributed by atoms with E-state index in [-0.39, 0.29) is 16.4 Å². The molecule has 0 unspecified atom stereocenters. The summed E-state index contributed by atoms with van der Waals surface area (Å²) in [5, 5.41) is 13.3. The lowest BCUT2D eigenvalue weighted by atomic mass is 10.1. The zero-order chi connectivity index (χ0) is 18.2. The number of amides is 1. The van der Waals surface area contributed by atoms with Gasteiger partial charge >= 0.3 is 0 Å². The standard InChI is InChI=1S/C18H20ClN3O2S/c1-2-3-4-12-5-8-14(9-6-12)20-18(25)22-21-17(24)15-11-13(19)7-10-16(15)23/h5-11,23H,2-4H2,1H3,(H,21,24)(H2,20,22,25). The van der Waals surface area contributed by atoms with Crippen molar-refractivity contribution in [3.63, 3.8) is 0 Å². The minimum absolute atomic E-state index is 0.0584. The van der Waals surface area contributed by atoms with Crippen LogP contribution in [0.4, 0.5) is 5.69 Å². The molecule has 2 aromatic rings. The molecule has 0 atom stereocenters. The molecule has 0 spiro atoms. The highest BCUT2D eigenvalue weighted by Gasteiger charge is 2.11. The second kappa shape index (κ2) is 9.25. The maximum atomic E-state index is 12.0. The van der Waals surface area contributed by atoms with Gasteiger partial charge in [-0.05, 0) is 61.0 Å². The summed E-state index contributed by atoms with van der Waals surface area (Å²) >= 11 is 11.0. The summed E-state index contributed by atoms with van der Waals surface area (Å²) in [5.74, 6) is -0.704. The van der Waals surface area contributed by atoms with Crippen molar-refractivity contribution in [1.82, 2.24) is 10.9 Å². The van der Waals surface area contributed by atoms with Crippen LogP contribution in [-0.4, -0.2) is 16.1 Å². The van der Waals surface area contributed by atoms with Gasteiger partial charge in [0.1, 0.15) is 5.75 Å². The molecule has 0 fully saturated rings. The predicted octanol–water partition coefficient (Wildman–Crippen LogP) is 4.02. The van der Waals surface area contributed by atoms with Gasteiger partial charge in [0.25, 0.3) is 5.91 Å². The Balaban J connectivity index is 1.86. The van der Waals surface area contributed by atoms with Gasteiger partial charge in [-0.25, -0.2) is 0 Å². The minimum Gasteiger partial charge on any atom is -0.507 e. The Labute approximate surface area is 157 Å². The van der Waals surface area contributed by atoms with Crippen molar-refractivity contribution in [2.24, 2.45) is 0 Å². The first-order chi connectivity index (χ1) is 12.0. The van der Waals surface area contributed by atoms with Crippen LogP contribution in [0.2, 0.25) is 5.02 Å². The van der Waals surface area contributed by atoms with Crippen LogP contribution in [0.25, 0.3) is 0 Å². The van der Waals surface area contributed by atoms with Crippen LogP contribution >= 0.6 is 23.8 Å². The van der Waals surface area contributed by atoms with Gasteiger partial charge in [-0.1, -0.05) is 37.1 Å². The lowest BCUT2D eigenvalue weighted by Crippen LogP contribution is -2.43. The molecule has 0 radical (unpaired) electrons. The molecule has 0 saturated carbocycles. The molecule has 1 amide bonds. The molecule has 4 N–H and O–H groups in total. The fraction of sp³-hybridized carbons (Fsp3) is 0.222. The number of benzene rings is 2. The summed E-state index contributed by atoms with van der Waals surface area (Å²) in [4.78, 5) is 12.0.